The van der Waals surface area contributed by atoms with Crippen LogP contribution >= 0.6 is 0 Å². The molecule has 0 spiro atoms. The van der Waals surface area contributed by atoms with Gasteiger partial charge in [-0.2, -0.15) is 0 Å². The predicted molar refractivity (Wildman–Crippen MR) is 189 cm³/mol. The van der Waals surface area contributed by atoms with Crippen LogP contribution in [0.25, 0.3) is 0 Å². The van der Waals surface area contributed by atoms with Crippen molar-refractivity contribution >= 4 is 35.7 Å². The molecule has 0 saturated heterocycles. The molecule has 0 aliphatic rings. The summed E-state index contributed by atoms with van der Waals surface area (Å²) in [5.41, 5.74) is 13.9. The van der Waals surface area contributed by atoms with Crippen LogP contribution in [0.15, 0.2) is 60.7 Å². The predicted octanol–water partition coefficient (Wildman–Crippen LogP) is 2.30. The van der Waals surface area contributed by atoms with E-state index in [4.69, 9.17) is 20.9 Å². The fourth-order valence-electron chi connectivity index (χ4n) is 5.37. The number of rotatable bonds is 19. The van der Waals surface area contributed by atoms with Crippen LogP contribution in [0.3, 0.4) is 0 Å². The van der Waals surface area contributed by atoms with E-state index in [1.165, 1.54) is 19.4 Å². The summed E-state index contributed by atoms with van der Waals surface area (Å²) in [4.78, 5) is 80.8. The van der Waals surface area contributed by atoms with Gasteiger partial charge >= 0.3 is 12.1 Å². The zero-order valence-corrected chi connectivity index (χ0v) is 30.2. The van der Waals surface area contributed by atoms with E-state index in [0.29, 0.717) is 23.3 Å². The summed E-state index contributed by atoms with van der Waals surface area (Å²) in [5, 5.41) is 12.7. The van der Waals surface area contributed by atoms with Crippen molar-refractivity contribution in [2.75, 3.05) is 20.3 Å². The number of ether oxygens (including phenoxy) is 2. The maximum atomic E-state index is 13.9. The first-order valence-corrected chi connectivity index (χ1v) is 17.2. The lowest BCUT2D eigenvalue weighted by atomic mass is 9.95. The number of aliphatic hydroxyl groups excluding tert-OH is 1. The number of unbranched alkanes of at least 4 members (excludes halogenated alkanes) is 2. The number of hydrogen-bond donors (Lipinski definition) is 4. The molecule has 2 aromatic rings. The first kappa shape index (κ1) is 42.5. The van der Waals surface area contributed by atoms with Gasteiger partial charge in [-0.1, -0.05) is 80.9 Å². The van der Waals surface area contributed by atoms with Crippen molar-refractivity contribution in [1.82, 2.24) is 15.1 Å². The van der Waals surface area contributed by atoms with E-state index in [-0.39, 0.29) is 19.6 Å². The normalized spacial score (nSPS) is 14.0. The van der Waals surface area contributed by atoms with Crippen LogP contribution in [-0.2, 0) is 46.5 Å². The molecule has 0 aromatic heterocycles. The highest BCUT2D eigenvalue weighted by Gasteiger charge is 2.41. The van der Waals surface area contributed by atoms with Gasteiger partial charge in [-0.15, -0.1) is 0 Å². The quantitative estimate of drug-likeness (QED) is 0.123. The van der Waals surface area contributed by atoms with Gasteiger partial charge in [0.05, 0.1) is 19.2 Å². The van der Waals surface area contributed by atoms with Gasteiger partial charge in [0.1, 0.15) is 18.7 Å². The SMILES string of the molecule is COC(=O)[C@H](C(C)C)N(C(=O)CCCCCc1ccccc1)C(=O)[C@@H](N)C(CO)CNC(=O)[C@H](C)N(C(=O)OCc1ccccc1)C(=O)[C@H](C)N. The molecule has 0 aliphatic heterocycles. The molecule has 6 N–H and O–H groups in total. The average Bonchev–Trinajstić information content (AvgIpc) is 3.12. The smallest absolute Gasteiger partial charge is 0.417 e. The molecule has 0 fully saturated rings. The summed E-state index contributed by atoms with van der Waals surface area (Å²) in [6.45, 7) is 4.74. The zero-order valence-electron chi connectivity index (χ0n) is 30.2. The minimum absolute atomic E-state index is 0.0324. The largest absolute Gasteiger partial charge is 0.467 e. The zero-order chi connectivity index (χ0) is 38.1. The number of nitrogens with one attached hydrogen (secondary N) is 1. The number of aryl methyl sites for hydroxylation is 1. The Morgan fingerprint density at radius 1 is 0.804 bits per heavy atom. The Labute approximate surface area is 299 Å². The van der Waals surface area contributed by atoms with Crippen LogP contribution < -0.4 is 16.8 Å². The standard InChI is InChI=1S/C37H53N5O9/c1-24(2)32(36(48)50-5)42(30(44)20-14-8-11-17-27-15-9-6-10-16-27)35(47)31(39)29(22-43)21-40-33(45)26(4)41(34(46)25(3)38)37(49)51-23-28-18-12-7-13-19-28/h6-7,9-10,12-13,15-16,18-19,24-26,29,31-32,43H,8,11,14,17,20-23,38-39H2,1-5H3,(H,40,45)/t25-,26-,29?,31-,32-/m0/s1. The Morgan fingerprint density at radius 3 is 1.92 bits per heavy atom. The van der Waals surface area contributed by atoms with Crippen molar-refractivity contribution in [2.24, 2.45) is 23.3 Å². The number of benzene rings is 2. The number of methoxy groups -OCH3 is 1. The van der Waals surface area contributed by atoms with Crippen LogP contribution in [-0.4, -0.2) is 95.0 Å². The Morgan fingerprint density at radius 2 is 1.39 bits per heavy atom. The number of aliphatic hydroxyl groups is 1. The van der Waals surface area contributed by atoms with Crippen molar-refractivity contribution < 1.29 is 43.3 Å². The highest BCUT2D eigenvalue weighted by molar-refractivity contribution is 6.02. The van der Waals surface area contributed by atoms with E-state index >= 15 is 0 Å². The maximum Gasteiger partial charge on any atom is 0.417 e. The van der Waals surface area contributed by atoms with Crippen molar-refractivity contribution in [1.29, 1.82) is 0 Å². The molecule has 0 bridgehead atoms. The molecule has 5 atom stereocenters. The summed E-state index contributed by atoms with van der Waals surface area (Å²) >= 11 is 0. The van der Waals surface area contributed by atoms with Gasteiger partial charge in [0, 0.05) is 25.5 Å². The molecule has 0 saturated carbocycles. The van der Waals surface area contributed by atoms with E-state index in [1.54, 1.807) is 44.2 Å². The fraction of sp³-hybridized carbons (Fsp3) is 0.514. The lowest BCUT2D eigenvalue weighted by molar-refractivity contribution is -0.163. The third-order valence-electron chi connectivity index (χ3n) is 8.42. The average molecular weight is 712 g/mol. The third-order valence-corrected chi connectivity index (χ3v) is 8.42. The Bertz CT molecular complexity index is 1440. The highest BCUT2D eigenvalue weighted by Crippen LogP contribution is 2.19. The minimum Gasteiger partial charge on any atom is -0.467 e. The van der Waals surface area contributed by atoms with Crippen LogP contribution in [0.1, 0.15) is 64.5 Å². The molecule has 51 heavy (non-hydrogen) atoms. The van der Waals surface area contributed by atoms with Crippen LogP contribution in [0.5, 0.6) is 0 Å². The van der Waals surface area contributed by atoms with Crippen LogP contribution in [0.4, 0.5) is 4.79 Å². The molecule has 14 heteroatoms. The number of carbonyl (C=O) groups is 6. The molecule has 2 rings (SSSR count). The molecule has 0 radical (unpaired) electrons. The van der Waals surface area contributed by atoms with Gasteiger partial charge in [0.2, 0.25) is 23.6 Å². The van der Waals surface area contributed by atoms with Gasteiger partial charge in [0.15, 0.2) is 0 Å². The second kappa shape index (κ2) is 21.5. The summed E-state index contributed by atoms with van der Waals surface area (Å²) in [6, 6.07) is 13.3. The topological polar surface area (TPSA) is 212 Å². The van der Waals surface area contributed by atoms with Crippen LogP contribution in [0, 0.1) is 11.8 Å². The van der Waals surface area contributed by atoms with Gasteiger partial charge < -0.3 is 31.4 Å². The van der Waals surface area contributed by atoms with E-state index in [1.807, 2.05) is 30.3 Å². The monoisotopic (exact) mass is 711 g/mol. The van der Waals surface area contributed by atoms with Crippen molar-refractivity contribution in [3.05, 3.63) is 71.8 Å². The molecular formula is C37H53N5O9. The number of carbonyl (C=O) groups excluding carboxylic acids is 6. The second-order valence-corrected chi connectivity index (χ2v) is 12.8. The lowest BCUT2D eigenvalue weighted by Crippen LogP contribution is -2.60. The van der Waals surface area contributed by atoms with E-state index < -0.39 is 78.3 Å². The number of nitrogens with zero attached hydrogens (tertiary/aromatic N) is 2. The number of nitrogens with two attached hydrogens (primary N) is 2. The van der Waals surface area contributed by atoms with E-state index in [9.17, 15) is 33.9 Å². The number of esters is 1. The molecule has 2 aromatic carbocycles. The summed E-state index contributed by atoms with van der Waals surface area (Å²) in [6.07, 6.45) is 1.68. The molecule has 0 heterocycles. The van der Waals surface area contributed by atoms with E-state index in [0.717, 1.165) is 24.9 Å². The summed E-state index contributed by atoms with van der Waals surface area (Å²) in [5.74, 6) is -5.68. The molecule has 14 nitrogen and oxygen atoms in total. The summed E-state index contributed by atoms with van der Waals surface area (Å²) < 4.78 is 10.2. The van der Waals surface area contributed by atoms with Gasteiger partial charge in [-0.05, 0) is 50.2 Å². The maximum absolute atomic E-state index is 13.9. The lowest BCUT2D eigenvalue weighted by Gasteiger charge is -2.34. The fourth-order valence-corrected chi connectivity index (χ4v) is 5.37. The number of amides is 5. The number of imide groups is 2. The minimum atomic E-state index is -1.53. The Balaban J connectivity index is 2.15. The second-order valence-electron chi connectivity index (χ2n) is 12.8. The van der Waals surface area contributed by atoms with Gasteiger partial charge in [-0.3, -0.25) is 24.1 Å². The summed E-state index contributed by atoms with van der Waals surface area (Å²) in [7, 11) is 1.15. The highest BCUT2D eigenvalue weighted by atomic mass is 16.6. The number of hydrogen-bond acceptors (Lipinski definition) is 11. The molecule has 280 valence electrons. The van der Waals surface area contributed by atoms with Crippen molar-refractivity contribution in [3.8, 4) is 0 Å². The molecule has 5 amide bonds. The van der Waals surface area contributed by atoms with Gasteiger partial charge in [-0.25, -0.2) is 14.5 Å². The van der Waals surface area contributed by atoms with Crippen molar-refractivity contribution in [3.63, 3.8) is 0 Å². The molecule has 0 aliphatic carbocycles. The molecule has 1 unspecified atom stereocenters. The first-order chi connectivity index (χ1) is 24.2. The molecular weight excluding hydrogens is 658 g/mol. The van der Waals surface area contributed by atoms with Crippen molar-refractivity contribution in [2.45, 2.75) is 90.6 Å². The first-order valence-electron chi connectivity index (χ1n) is 17.2. The Kier molecular flexibility index (Phi) is 17.9. The Hall–Kier alpha value is -4.66. The van der Waals surface area contributed by atoms with Crippen LogP contribution in [0.2, 0.25) is 0 Å². The third kappa shape index (κ3) is 12.9. The van der Waals surface area contributed by atoms with E-state index in [2.05, 4.69) is 5.32 Å². The van der Waals surface area contributed by atoms with Gasteiger partial charge in [0.25, 0.3) is 0 Å².